The molecule has 0 saturated heterocycles. The molecule has 0 aliphatic rings. The summed E-state index contributed by atoms with van der Waals surface area (Å²) < 4.78 is 6.14. The predicted molar refractivity (Wildman–Crippen MR) is 104 cm³/mol. The minimum atomic E-state index is 0.506. The molecule has 3 aromatic rings. The molecule has 2 aromatic carbocycles. The van der Waals surface area contributed by atoms with Gasteiger partial charge < -0.3 is 9.73 Å². The molecule has 130 valence electrons. The standard InChI is InChI=1S/C22H25NO2/c1-12(2)17-7-9-18(10-8-17)20-16(6)25-22-14(4)13(3)21(23-11-24)15(5)19(20)22/h7-12H,1-6H3,(H,23,24). The Morgan fingerprint density at radius 1 is 0.960 bits per heavy atom. The molecule has 0 aliphatic carbocycles. The largest absolute Gasteiger partial charge is 0.460 e. The second-order valence-electron chi connectivity index (χ2n) is 7.03. The predicted octanol–water partition coefficient (Wildman–Crippen LogP) is 6.03. The molecular formula is C22H25NO2. The third-order valence-electron chi connectivity index (χ3n) is 5.18. The van der Waals surface area contributed by atoms with Gasteiger partial charge in [0.15, 0.2) is 0 Å². The zero-order valence-electron chi connectivity index (χ0n) is 15.8. The number of fused-ring (bicyclic) bond motifs is 1. The third kappa shape index (κ3) is 2.74. The molecule has 3 nitrogen and oxygen atoms in total. The van der Waals surface area contributed by atoms with E-state index < -0.39 is 0 Å². The van der Waals surface area contributed by atoms with E-state index in [4.69, 9.17) is 4.42 Å². The Balaban J connectivity index is 2.32. The van der Waals surface area contributed by atoms with Crippen molar-refractivity contribution in [2.45, 2.75) is 47.5 Å². The lowest BCUT2D eigenvalue weighted by Crippen LogP contribution is -2.01. The molecule has 0 aliphatic heterocycles. The van der Waals surface area contributed by atoms with Gasteiger partial charge in [-0.3, -0.25) is 4.79 Å². The van der Waals surface area contributed by atoms with E-state index in [0.29, 0.717) is 5.92 Å². The van der Waals surface area contributed by atoms with E-state index >= 15 is 0 Å². The maximum absolute atomic E-state index is 11.1. The van der Waals surface area contributed by atoms with Crippen LogP contribution >= 0.6 is 0 Å². The Bertz CT molecular complexity index is 947. The summed E-state index contributed by atoms with van der Waals surface area (Å²) in [7, 11) is 0. The summed E-state index contributed by atoms with van der Waals surface area (Å²) in [5.74, 6) is 1.41. The third-order valence-corrected chi connectivity index (χ3v) is 5.18. The van der Waals surface area contributed by atoms with Crippen molar-refractivity contribution in [2.75, 3.05) is 5.32 Å². The van der Waals surface area contributed by atoms with Crippen LogP contribution in [0.1, 0.15) is 47.8 Å². The number of hydrogen-bond acceptors (Lipinski definition) is 2. The van der Waals surface area contributed by atoms with Gasteiger partial charge in [-0.25, -0.2) is 0 Å². The van der Waals surface area contributed by atoms with Crippen LogP contribution in [0.15, 0.2) is 28.7 Å². The molecule has 0 saturated carbocycles. The van der Waals surface area contributed by atoms with Crippen molar-refractivity contribution < 1.29 is 9.21 Å². The lowest BCUT2D eigenvalue weighted by atomic mass is 9.92. The van der Waals surface area contributed by atoms with Crippen LogP contribution in [0.5, 0.6) is 0 Å². The molecule has 0 fully saturated rings. The number of rotatable bonds is 4. The molecule has 1 amide bonds. The topological polar surface area (TPSA) is 42.2 Å². The Kier molecular flexibility index (Phi) is 4.42. The molecule has 0 bridgehead atoms. The summed E-state index contributed by atoms with van der Waals surface area (Å²) in [6, 6.07) is 8.68. The fourth-order valence-corrected chi connectivity index (χ4v) is 3.59. The summed E-state index contributed by atoms with van der Waals surface area (Å²) in [6.07, 6.45) is 0.741. The highest BCUT2D eigenvalue weighted by atomic mass is 16.3. The summed E-state index contributed by atoms with van der Waals surface area (Å²) in [5.41, 5.74) is 8.52. The van der Waals surface area contributed by atoms with E-state index in [1.165, 1.54) is 5.56 Å². The van der Waals surface area contributed by atoms with E-state index in [1.54, 1.807) is 0 Å². The molecule has 0 spiro atoms. The van der Waals surface area contributed by atoms with Gasteiger partial charge in [0.2, 0.25) is 6.41 Å². The highest BCUT2D eigenvalue weighted by Gasteiger charge is 2.21. The minimum absolute atomic E-state index is 0.506. The normalized spacial score (nSPS) is 11.3. The number of hydrogen-bond donors (Lipinski definition) is 1. The molecular weight excluding hydrogens is 310 g/mol. The van der Waals surface area contributed by atoms with Crippen LogP contribution in [0.2, 0.25) is 0 Å². The number of anilines is 1. The average Bonchev–Trinajstić information content (AvgIpc) is 2.94. The van der Waals surface area contributed by atoms with Gasteiger partial charge >= 0.3 is 0 Å². The first-order valence-corrected chi connectivity index (χ1v) is 8.70. The van der Waals surface area contributed by atoms with E-state index in [0.717, 1.165) is 56.6 Å². The zero-order valence-corrected chi connectivity index (χ0v) is 15.8. The fraction of sp³-hybridized carbons (Fsp3) is 0.318. The first-order chi connectivity index (χ1) is 11.9. The number of amides is 1. The molecule has 1 aromatic heterocycles. The summed E-state index contributed by atoms with van der Waals surface area (Å²) in [4.78, 5) is 11.1. The quantitative estimate of drug-likeness (QED) is 0.592. The van der Waals surface area contributed by atoms with Crippen molar-refractivity contribution in [1.82, 2.24) is 0 Å². The summed E-state index contributed by atoms with van der Waals surface area (Å²) >= 11 is 0. The van der Waals surface area contributed by atoms with Crippen LogP contribution in [0.3, 0.4) is 0 Å². The van der Waals surface area contributed by atoms with Crippen molar-refractivity contribution in [3.05, 3.63) is 52.3 Å². The lowest BCUT2D eigenvalue weighted by molar-refractivity contribution is -0.105. The first kappa shape index (κ1) is 17.3. The Hall–Kier alpha value is -2.55. The van der Waals surface area contributed by atoms with E-state index in [2.05, 4.69) is 43.4 Å². The number of carbonyl (C=O) groups is 1. The van der Waals surface area contributed by atoms with Gasteiger partial charge in [-0.15, -0.1) is 0 Å². The zero-order chi connectivity index (χ0) is 18.3. The number of furan rings is 1. The average molecular weight is 335 g/mol. The van der Waals surface area contributed by atoms with Crippen molar-refractivity contribution in [3.8, 4) is 11.1 Å². The Labute approximate surface area is 149 Å². The molecule has 25 heavy (non-hydrogen) atoms. The molecule has 3 heteroatoms. The number of nitrogens with one attached hydrogen (secondary N) is 1. The van der Waals surface area contributed by atoms with Gasteiger partial charge in [0, 0.05) is 16.6 Å². The number of benzene rings is 2. The Morgan fingerprint density at radius 2 is 1.60 bits per heavy atom. The highest BCUT2D eigenvalue weighted by molar-refractivity contribution is 6.03. The van der Waals surface area contributed by atoms with Gasteiger partial charge in [-0.2, -0.15) is 0 Å². The van der Waals surface area contributed by atoms with Crippen molar-refractivity contribution in [3.63, 3.8) is 0 Å². The van der Waals surface area contributed by atoms with Crippen LogP contribution in [0, 0.1) is 27.7 Å². The molecule has 0 radical (unpaired) electrons. The number of aryl methyl sites for hydroxylation is 3. The van der Waals surface area contributed by atoms with Crippen LogP contribution < -0.4 is 5.32 Å². The SMILES string of the molecule is Cc1oc2c(C)c(C)c(NC=O)c(C)c2c1-c1ccc(C(C)C)cc1. The second kappa shape index (κ2) is 6.40. The second-order valence-corrected chi connectivity index (χ2v) is 7.03. The number of carbonyl (C=O) groups excluding carboxylic acids is 1. The van der Waals surface area contributed by atoms with Gasteiger partial charge in [0.05, 0.1) is 0 Å². The van der Waals surface area contributed by atoms with E-state index in [1.807, 2.05) is 27.7 Å². The van der Waals surface area contributed by atoms with Crippen LogP contribution in [0.25, 0.3) is 22.1 Å². The van der Waals surface area contributed by atoms with Gasteiger partial charge in [0.25, 0.3) is 0 Å². The van der Waals surface area contributed by atoms with Crippen LogP contribution in [-0.4, -0.2) is 6.41 Å². The molecule has 1 heterocycles. The molecule has 0 atom stereocenters. The van der Waals surface area contributed by atoms with Gasteiger partial charge in [0.1, 0.15) is 11.3 Å². The summed E-state index contributed by atoms with van der Waals surface area (Å²) in [6.45, 7) is 12.5. The van der Waals surface area contributed by atoms with Crippen LogP contribution in [-0.2, 0) is 4.79 Å². The van der Waals surface area contributed by atoms with Crippen molar-refractivity contribution in [2.24, 2.45) is 0 Å². The maximum atomic E-state index is 11.1. The first-order valence-electron chi connectivity index (χ1n) is 8.70. The molecule has 3 rings (SSSR count). The van der Waals surface area contributed by atoms with Gasteiger partial charge in [-0.05, 0) is 61.4 Å². The van der Waals surface area contributed by atoms with E-state index in [9.17, 15) is 4.79 Å². The maximum Gasteiger partial charge on any atom is 0.211 e. The fourth-order valence-electron chi connectivity index (χ4n) is 3.59. The lowest BCUT2D eigenvalue weighted by Gasteiger charge is -2.14. The monoisotopic (exact) mass is 335 g/mol. The minimum Gasteiger partial charge on any atom is -0.460 e. The smallest absolute Gasteiger partial charge is 0.211 e. The molecule has 0 unspecified atom stereocenters. The summed E-state index contributed by atoms with van der Waals surface area (Å²) in [5, 5.41) is 3.95. The molecule has 1 N–H and O–H groups in total. The highest BCUT2D eigenvalue weighted by Crippen LogP contribution is 2.42. The van der Waals surface area contributed by atoms with Crippen molar-refractivity contribution >= 4 is 23.1 Å². The Morgan fingerprint density at radius 3 is 2.16 bits per heavy atom. The van der Waals surface area contributed by atoms with Gasteiger partial charge in [-0.1, -0.05) is 38.1 Å². The van der Waals surface area contributed by atoms with Crippen molar-refractivity contribution in [1.29, 1.82) is 0 Å². The van der Waals surface area contributed by atoms with Crippen LogP contribution in [0.4, 0.5) is 5.69 Å². The van der Waals surface area contributed by atoms with E-state index in [-0.39, 0.29) is 0 Å².